The Kier molecular flexibility index (Phi) is 3.20. The Balaban J connectivity index is 2.35. The largest absolute Gasteiger partial charge is 0.481 e. The predicted molar refractivity (Wildman–Crippen MR) is 67.2 cm³/mol. The standard InChI is InChI=1S/C14H19NO2/c1-11-3-5-12(6-4-11)14(13(16)17)7-9-15(2)10-8-14/h3-6H,7-10H2,1-2H3,(H,16,17). The van der Waals surface area contributed by atoms with Crippen molar-refractivity contribution in [3.05, 3.63) is 35.4 Å². The van der Waals surface area contributed by atoms with E-state index < -0.39 is 11.4 Å². The van der Waals surface area contributed by atoms with Crippen LogP contribution in [0.1, 0.15) is 24.0 Å². The zero-order valence-electron chi connectivity index (χ0n) is 10.4. The fourth-order valence-corrected chi connectivity index (χ4v) is 2.50. The predicted octanol–water partition coefficient (Wildman–Crippen LogP) is 2.04. The lowest BCUT2D eigenvalue weighted by Gasteiger charge is -2.37. The maximum absolute atomic E-state index is 11.6. The topological polar surface area (TPSA) is 40.5 Å². The molecule has 1 aliphatic heterocycles. The summed E-state index contributed by atoms with van der Waals surface area (Å²) in [5.74, 6) is -0.686. The Hall–Kier alpha value is -1.35. The van der Waals surface area contributed by atoms with E-state index in [4.69, 9.17) is 0 Å². The number of likely N-dealkylation sites (tertiary alicyclic amines) is 1. The Morgan fingerprint density at radius 1 is 1.24 bits per heavy atom. The summed E-state index contributed by atoms with van der Waals surface area (Å²) in [5.41, 5.74) is 1.44. The summed E-state index contributed by atoms with van der Waals surface area (Å²) in [5, 5.41) is 9.58. The summed E-state index contributed by atoms with van der Waals surface area (Å²) < 4.78 is 0. The van der Waals surface area contributed by atoms with Crippen molar-refractivity contribution in [2.24, 2.45) is 0 Å². The lowest BCUT2D eigenvalue weighted by molar-refractivity contribution is -0.145. The first kappa shape index (κ1) is 12.1. The molecule has 0 saturated carbocycles. The zero-order valence-corrected chi connectivity index (χ0v) is 10.4. The van der Waals surface area contributed by atoms with Crippen LogP contribution in [0.2, 0.25) is 0 Å². The van der Waals surface area contributed by atoms with Gasteiger partial charge in [-0.3, -0.25) is 4.79 Å². The number of benzene rings is 1. The molecule has 0 radical (unpaired) electrons. The van der Waals surface area contributed by atoms with Gasteiger partial charge in [0, 0.05) is 0 Å². The highest BCUT2D eigenvalue weighted by molar-refractivity contribution is 5.81. The summed E-state index contributed by atoms with van der Waals surface area (Å²) in [7, 11) is 2.04. The second-order valence-corrected chi connectivity index (χ2v) is 5.06. The fraction of sp³-hybridized carbons (Fsp3) is 0.500. The van der Waals surface area contributed by atoms with Crippen LogP contribution in [0.4, 0.5) is 0 Å². The van der Waals surface area contributed by atoms with Crippen molar-refractivity contribution < 1.29 is 9.90 Å². The van der Waals surface area contributed by atoms with Crippen LogP contribution in [0.3, 0.4) is 0 Å². The SMILES string of the molecule is Cc1ccc(C2(C(=O)O)CCN(C)CC2)cc1. The summed E-state index contributed by atoms with van der Waals surface area (Å²) in [6.07, 6.45) is 1.39. The number of piperidine rings is 1. The molecule has 1 aromatic rings. The molecule has 0 spiro atoms. The van der Waals surface area contributed by atoms with E-state index >= 15 is 0 Å². The van der Waals surface area contributed by atoms with E-state index in [-0.39, 0.29) is 0 Å². The number of nitrogens with zero attached hydrogens (tertiary/aromatic N) is 1. The van der Waals surface area contributed by atoms with Crippen LogP contribution in [0.15, 0.2) is 24.3 Å². The molecule has 3 heteroatoms. The van der Waals surface area contributed by atoms with E-state index in [0.29, 0.717) is 12.8 Å². The molecular weight excluding hydrogens is 214 g/mol. The van der Waals surface area contributed by atoms with Gasteiger partial charge in [-0.25, -0.2) is 0 Å². The first-order chi connectivity index (χ1) is 8.04. The molecule has 0 aromatic heterocycles. The third kappa shape index (κ3) is 2.20. The Morgan fingerprint density at radius 2 is 1.76 bits per heavy atom. The number of rotatable bonds is 2. The van der Waals surface area contributed by atoms with Crippen molar-refractivity contribution in [1.29, 1.82) is 0 Å². The van der Waals surface area contributed by atoms with E-state index in [9.17, 15) is 9.90 Å². The molecule has 1 saturated heterocycles. The van der Waals surface area contributed by atoms with Gasteiger partial charge in [0.2, 0.25) is 0 Å². The summed E-state index contributed by atoms with van der Waals surface area (Å²) >= 11 is 0. The molecule has 92 valence electrons. The van der Waals surface area contributed by atoms with Crippen LogP contribution in [0.5, 0.6) is 0 Å². The minimum Gasteiger partial charge on any atom is -0.481 e. The average Bonchev–Trinajstić information content (AvgIpc) is 2.31. The molecule has 0 unspecified atom stereocenters. The van der Waals surface area contributed by atoms with Crippen molar-refractivity contribution >= 4 is 5.97 Å². The van der Waals surface area contributed by atoms with Crippen LogP contribution in [0, 0.1) is 6.92 Å². The van der Waals surface area contributed by atoms with E-state index in [1.807, 2.05) is 38.2 Å². The molecule has 0 amide bonds. The van der Waals surface area contributed by atoms with Gasteiger partial charge in [0.05, 0.1) is 5.41 Å². The molecule has 1 aliphatic rings. The Morgan fingerprint density at radius 3 is 2.24 bits per heavy atom. The van der Waals surface area contributed by atoms with Gasteiger partial charge in [0.1, 0.15) is 0 Å². The van der Waals surface area contributed by atoms with Gasteiger partial charge in [0.25, 0.3) is 0 Å². The van der Waals surface area contributed by atoms with Crippen molar-refractivity contribution in [3.8, 4) is 0 Å². The van der Waals surface area contributed by atoms with E-state index in [1.165, 1.54) is 5.56 Å². The molecule has 1 N–H and O–H groups in total. The first-order valence-corrected chi connectivity index (χ1v) is 6.04. The number of aryl methyl sites for hydroxylation is 1. The molecular formula is C14H19NO2. The second kappa shape index (κ2) is 4.49. The van der Waals surface area contributed by atoms with Crippen molar-refractivity contribution in [3.63, 3.8) is 0 Å². The second-order valence-electron chi connectivity index (χ2n) is 5.06. The number of aliphatic carboxylic acids is 1. The smallest absolute Gasteiger partial charge is 0.314 e. The van der Waals surface area contributed by atoms with Gasteiger partial charge >= 0.3 is 5.97 Å². The fourth-order valence-electron chi connectivity index (χ4n) is 2.50. The first-order valence-electron chi connectivity index (χ1n) is 6.04. The van der Waals surface area contributed by atoms with Gasteiger partial charge in [-0.15, -0.1) is 0 Å². The highest BCUT2D eigenvalue weighted by Crippen LogP contribution is 2.35. The molecule has 0 atom stereocenters. The number of hydrogen-bond acceptors (Lipinski definition) is 2. The number of carboxylic acid groups (broad SMARTS) is 1. The quantitative estimate of drug-likeness (QED) is 0.850. The maximum atomic E-state index is 11.6. The Bertz CT molecular complexity index is 403. The summed E-state index contributed by atoms with van der Waals surface area (Å²) in [6, 6.07) is 7.93. The minimum atomic E-state index is -0.686. The molecule has 1 fully saturated rings. The molecule has 17 heavy (non-hydrogen) atoms. The van der Waals surface area contributed by atoms with Crippen LogP contribution in [-0.4, -0.2) is 36.1 Å². The lowest BCUT2D eigenvalue weighted by atomic mass is 9.73. The molecule has 2 rings (SSSR count). The average molecular weight is 233 g/mol. The van der Waals surface area contributed by atoms with Gasteiger partial charge < -0.3 is 10.0 Å². The lowest BCUT2D eigenvalue weighted by Crippen LogP contribution is -2.46. The van der Waals surface area contributed by atoms with Crippen LogP contribution in [-0.2, 0) is 10.2 Å². The number of carbonyl (C=O) groups is 1. The third-order valence-electron chi connectivity index (χ3n) is 3.85. The molecule has 0 bridgehead atoms. The normalized spacial score (nSPS) is 20.1. The van der Waals surface area contributed by atoms with Crippen molar-refractivity contribution in [2.75, 3.05) is 20.1 Å². The van der Waals surface area contributed by atoms with Crippen LogP contribution in [0.25, 0.3) is 0 Å². The van der Waals surface area contributed by atoms with Crippen molar-refractivity contribution in [1.82, 2.24) is 4.90 Å². The number of hydrogen-bond donors (Lipinski definition) is 1. The van der Waals surface area contributed by atoms with E-state index in [0.717, 1.165) is 18.7 Å². The van der Waals surface area contributed by atoms with Crippen molar-refractivity contribution in [2.45, 2.75) is 25.2 Å². The maximum Gasteiger partial charge on any atom is 0.314 e. The molecule has 0 aliphatic carbocycles. The highest BCUT2D eigenvalue weighted by atomic mass is 16.4. The van der Waals surface area contributed by atoms with E-state index in [2.05, 4.69) is 4.90 Å². The summed E-state index contributed by atoms with van der Waals surface area (Å²) in [4.78, 5) is 13.8. The number of carboxylic acids is 1. The molecule has 1 heterocycles. The Labute approximate surface area is 102 Å². The molecule has 1 aromatic carbocycles. The van der Waals surface area contributed by atoms with Crippen LogP contribution < -0.4 is 0 Å². The third-order valence-corrected chi connectivity index (χ3v) is 3.85. The monoisotopic (exact) mass is 233 g/mol. The van der Waals surface area contributed by atoms with E-state index in [1.54, 1.807) is 0 Å². The molecule has 3 nitrogen and oxygen atoms in total. The summed E-state index contributed by atoms with van der Waals surface area (Å²) in [6.45, 7) is 3.71. The van der Waals surface area contributed by atoms with Gasteiger partial charge in [-0.1, -0.05) is 29.8 Å². The van der Waals surface area contributed by atoms with Gasteiger partial charge in [-0.2, -0.15) is 0 Å². The minimum absolute atomic E-state index is 0.680. The van der Waals surface area contributed by atoms with Crippen LogP contribution >= 0.6 is 0 Å². The zero-order chi connectivity index (χ0) is 12.5. The highest BCUT2D eigenvalue weighted by Gasteiger charge is 2.42. The van der Waals surface area contributed by atoms with Gasteiger partial charge in [-0.05, 0) is 45.5 Å². The van der Waals surface area contributed by atoms with Gasteiger partial charge in [0.15, 0.2) is 0 Å².